The Morgan fingerprint density at radius 1 is 1.12 bits per heavy atom. The van der Waals surface area contributed by atoms with Crippen molar-refractivity contribution < 1.29 is 19.5 Å². The zero-order valence-corrected chi connectivity index (χ0v) is 19.4. The molecular weight excluding hydrogens is 442 g/mol. The second-order valence-corrected chi connectivity index (χ2v) is 8.26. The minimum absolute atomic E-state index is 0.0244. The molecule has 3 rings (SSSR count). The number of rotatable bonds is 13. The summed E-state index contributed by atoms with van der Waals surface area (Å²) in [7, 11) is 1.57. The second-order valence-electron chi connectivity index (χ2n) is 7.82. The maximum atomic E-state index is 11.9. The molecule has 7 nitrogen and oxygen atoms in total. The van der Waals surface area contributed by atoms with Crippen LogP contribution in [0.4, 0.5) is 0 Å². The van der Waals surface area contributed by atoms with Crippen molar-refractivity contribution in [3.8, 4) is 0 Å². The molecule has 0 radical (unpaired) electrons. The summed E-state index contributed by atoms with van der Waals surface area (Å²) in [6.07, 6.45) is 2.76. The highest BCUT2D eigenvalue weighted by molar-refractivity contribution is 6.30. The fourth-order valence-corrected chi connectivity index (χ4v) is 3.97. The van der Waals surface area contributed by atoms with Gasteiger partial charge in [-0.25, -0.2) is 5.48 Å². The van der Waals surface area contributed by atoms with Gasteiger partial charge in [0.1, 0.15) is 0 Å². The van der Waals surface area contributed by atoms with Crippen molar-refractivity contribution in [3.05, 3.63) is 88.7 Å². The quantitative estimate of drug-likeness (QED) is 0.219. The Balaban J connectivity index is 1.68. The van der Waals surface area contributed by atoms with E-state index in [1.165, 1.54) is 0 Å². The fraction of sp³-hybridized carbons (Fsp3) is 0.360. The van der Waals surface area contributed by atoms with E-state index >= 15 is 0 Å². The number of aromatic nitrogens is 2. The normalized spacial score (nSPS) is 12.9. The lowest BCUT2D eigenvalue weighted by Gasteiger charge is -2.26. The van der Waals surface area contributed by atoms with E-state index in [1.54, 1.807) is 18.8 Å². The number of halogens is 1. The smallest absolute Gasteiger partial charge is 0.245 e. The molecule has 1 aromatic heterocycles. The molecule has 2 atom stereocenters. The van der Waals surface area contributed by atoms with Crippen LogP contribution in [0.5, 0.6) is 0 Å². The molecular formula is C25H30ClN3O4. The first-order chi connectivity index (χ1) is 16.1. The molecule has 8 heteroatoms. The first-order valence-electron chi connectivity index (χ1n) is 10.9. The monoisotopic (exact) mass is 471 g/mol. The van der Waals surface area contributed by atoms with Crippen LogP contribution < -0.4 is 5.48 Å². The van der Waals surface area contributed by atoms with Gasteiger partial charge in [0, 0.05) is 43.1 Å². The van der Waals surface area contributed by atoms with Crippen LogP contribution in [-0.4, -0.2) is 40.7 Å². The van der Waals surface area contributed by atoms with E-state index in [9.17, 15) is 4.79 Å². The van der Waals surface area contributed by atoms with Crippen molar-refractivity contribution in [2.24, 2.45) is 0 Å². The summed E-state index contributed by atoms with van der Waals surface area (Å²) >= 11 is 6.04. The molecule has 0 saturated heterocycles. The van der Waals surface area contributed by atoms with Gasteiger partial charge in [-0.3, -0.25) is 14.7 Å². The molecule has 33 heavy (non-hydrogen) atoms. The molecule has 0 aliphatic rings. The molecule has 0 aliphatic carbocycles. The highest BCUT2D eigenvalue weighted by Gasteiger charge is 2.28. The number of hydrogen-bond donors (Lipinski definition) is 2. The number of carbonyl (C=O) groups excluding carboxylic acids is 1. The van der Waals surface area contributed by atoms with E-state index in [4.69, 9.17) is 26.3 Å². The zero-order valence-electron chi connectivity index (χ0n) is 18.7. The van der Waals surface area contributed by atoms with Gasteiger partial charge < -0.3 is 9.47 Å². The van der Waals surface area contributed by atoms with Crippen LogP contribution in [0.1, 0.15) is 35.6 Å². The summed E-state index contributed by atoms with van der Waals surface area (Å²) in [6, 6.07) is 19.6. The third-order valence-corrected chi connectivity index (χ3v) is 5.78. The lowest BCUT2D eigenvalue weighted by atomic mass is 9.89. The summed E-state index contributed by atoms with van der Waals surface area (Å²) in [4.78, 5) is 11.9. The molecule has 0 bridgehead atoms. The molecule has 0 saturated carbocycles. The summed E-state index contributed by atoms with van der Waals surface area (Å²) in [6.45, 7) is 1.86. The molecule has 0 spiro atoms. The number of nitrogens with zero attached hydrogens (tertiary/aromatic N) is 2. The highest BCUT2D eigenvalue weighted by atomic mass is 35.5. The Labute approximate surface area is 199 Å². The molecule has 2 N–H and O–H groups in total. The number of nitrogens with one attached hydrogen (secondary N) is 1. The Morgan fingerprint density at radius 3 is 2.58 bits per heavy atom. The number of ether oxygens (including phenoxy) is 2. The number of amides is 1. The van der Waals surface area contributed by atoms with Crippen molar-refractivity contribution >= 4 is 17.5 Å². The van der Waals surface area contributed by atoms with Crippen molar-refractivity contribution in [1.29, 1.82) is 0 Å². The predicted octanol–water partition coefficient (Wildman–Crippen LogP) is 4.38. The fourth-order valence-electron chi connectivity index (χ4n) is 3.84. The van der Waals surface area contributed by atoms with E-state index in [0.717, 1.165) is 23.2 Å². The first kappa shape index (κ1) is 24.9. The van der Waals surface area contributed by atoms with Gasteiger partial charge in [-0.2, -0.15) is 5.10 Å². The van der Waals surface area contributed by atoms with E-state index in [2.05, 4.69) is 5.10 Å². The number of benzene rings is 2. The van der Waals surface area contributed by atoms with Crippen LogP contribution in [0, 0.1) is 0 Å². The Hall–Kier alpha value is -2.71. The third kappa shape index (κ3) is 7.68. The number of hydrogen-bond acceptors (Lipinski definition) is 5. The van der Waals surface area contributed by atoms with Gasteiger partial charge in [-0.05, 0) is 42.2 Å². The highest BCUT2D eigenvalue weighted by Crippen LogP contribution is 2.29. The van der Waals surface area contributed by atoms with Crippen LogP contribution >= 0.6 is 11.6 Å². The molecule has 2 aromatic carbocycles. The van der Waals surface area contributed by atoms with Gasteiger partial charge in [0.2, 0.25) is 5.91 Å². The topological polar surface area (TPSA) is 85.6 Å². The van der Waals surface area contributed by atoms with Gasteiger partial charge >= 0.3 is 0 Å². The largest absolute Gasteiger partial charge is 0.380 e. The van der Waals surface area contributed by atoms with Crippen molar-refractivity contribution in [2.75, 3.05) is 13.7 Å². The zero-order chi connectivity index (χ0) is 23.5. The van der Waals surface area contributed by atoms with E-state index < -0.39 is 12.0 Å². The molecule has 1 amide bonds. The van der Waals surface area contributed by atoms with Gasteiger partial charge in [-0.1, -0.05) is 54.1 Å². The average Bonchev–Trinajstić information content (AvgIpc) is 3.31. The number of hydroxylamine groups is 1. The molecule has 1 heterocycles. The average molecular weight is 472 g/mol. The van der Waals surface area contributed by atoms with Crippen LogP contribution in [0.3, 0.4) is 0 Å². The lowest BCUT2D eigenvalue weighted by molar-refractivity contribution is -0.132. The third-order valence-electron chi connectivity index (χ3n) is 5.53. The van der Waals surface area contributed by atoms with Crippen LogP contribution in [0.25, 0.3) is 0 Å². The van der Waals surface area contributed by atoms with Crippen LogP contribution in [-0.2, 0) is 33.8 Å². The molecule has 176 valence electrons. The summed E-state index contributed by atoms with van der Waals surface area (Å²) < 4.78 is 13.4. The van der Waals surface area contributed by atoms with Crippen molar-refractivity contribution in [1.82, 2.24) is 15.3 Å². The van der Waals surface area contributed by atoms with Gasteiger partial charge in [0.05, 0.1) is 19.1 Å². The van der Waals surface area contributed by atoms with Gasteiger partial charge in [0.25, 0.3) is 0 Å². The second kappa shape index (κ2) is 13.1. The summed E-state index contributed by atoms with van der Waals surface area (Å²) in [5.74, 6) is -0.649. The van der Waals surface area contributed by atoms with E-state index in [1.807, 2.05) is 65.3 Å². The molecule has 0 fully saturated rings. The predicted molar refractivity (Wildman–Crippen MR) is 126 cm³/mol. The SMILES string of the molecule is CO[C@H](CC(=O)NO)[C@H](Cc1ccc(Cl)cc1)c1ccnn1CCCOCc1ccccc1. The number of aryl methyl sites for hydroxylation is 1. The Bertz CT molecular complexity index is 979. The number of carbonyl (C=O) groups is 1. The maximum Gasteiger partial charge on any atom is 0.245 e. The maximum absolute atomic E-state index is 11.9. The summed E-state index contributed by atoms with van der Waals surface area (Å²) in [5, 5.41) is 14.2. The Morgan fingerprint density at radius 2 is 1.88 bits per heavy atom. The van der Waals surface area contributed by atoms with Crippen LogP contribution in [0.2, 0.25) is 5.02 Å². The van der Waals surface area contributed by atoms with Crippen molar-refractivity contribution in [2.45, 2.75) is 44.4 Å². The molecule has 0 unspecified atom stereocenters. The van der Waals surface area contributed by atoms with Gasteiger partial charge in [-0.15, -0.1) is 0 Å². The minimum Gasteiger partial charge on any atom is -0.380 e. The van der Waals surface area contributed by atoms with E-state index in [-0.39, 0.29) is 12.3 Å². The molecule has 0 aliphatic heterocycles. The van der Waals surface area contributed by atoms with Crippen LogP contribution in [0.15, 0.2) is 66.9 Å². The van der Waals surface area contributed by atoms with E-state index in [0.29, 0.717) is 31.2 Å². The summed E-state index contributed by atoms with van der Waals surface area (Å²) in [5.41, 5.74) is 4.87. The number of methoxy groups -OCH3 is 1. The van der Waals surface area contributed by atoms with Crippen molar-refractivity contribution in [3.63, 3.8) is 0 Å². The first-order valence-corrected chi connectivity index (χ1v) is 11.3. The Kier molecular flexibility index (Phi) is 9.90. The molecule has 3 aromatic rings. The minimum atomic E-state index is -0.497. The standard InChI is InChI=1S/C25H30ClN3O4/c1-32-24(17-25(30)28-31)22(16-19-8-10-21(26)11-9-19)23-12-13-27-29(23)14-5-15-33-18-20-6-3-2-4-7-20/h2-4,6-13,22,24,31H,5,14-18H2,1H3,(H,28,30)/t22-,24-/m1/s1. The van der Waals surface area contributed by atoms with Gasteiger partial charge in [0.15, 0.2) is 0 Å². The lowest BCUT2D eigenvalue weighted by Crippen LogP contribution is -2.32.